The van der Waals surface area contributed by atoms with Crippen molar-refractivity contribution in [2.45, 2.75) is 46.0 Å². The molecule has 4 nitrogen and oxygen atoms in total. The number of carbonyl (C=O) groups is 2. The molecule has 0 fully saturated rings. The molecule has 0 aromatic rings. The Morgan fingerprint density at radius 3 is 2.18 bits per heavy atom. The molecule has 0 N–H and O–H groups in total. The first-order valence-corrected chi connectivity index (χ1v) is 6.25. The van der Waals surface area contributed by atoms with E-state index in [9.17, 15) is 9.59 Å². The highest BCUT2D eigenvalue weighted by molar-refractivity contribution is 5.80. The molecule has 0 amide bonds. The van der Waals surface area contributed by atoms with Crippen LogP contribution < -0.4 is 0 Å². The summed E-state index contributed by atoms with van der Waals surface area (Å²) in [5.74, 6) is -0.834. The number of carbonyl (C=O) groups excluding carboxylic acids is 2. The SMILES string of the molecule is CCCCC(CC)C(CC(=O)OC)C(=O)OC. The number of rotatable bonds is 8. The van der Waals surface area contributed by atoms with E-state index in [1.807, 2.05) is 6.92 Å². The van der Waals surface area contributed by atoms with Crippen LogP contribution in [-0.2, 0) is 19.1 Å². The number of methoxy groups -OCH3 is 2. The zero-order valence-electron chi connectivity index (χ0n) is 11.3. The fourth-order valence-electron chi connectivity index (χ4n) is 2.01. The molecule has 4 heteroatoms. The Bertz CT molecular complexity index is 238. The van der Waals surface area contributed by atoms with E-state index in [1.165, 1.54) is 14.2 Å². The fraction of sp³-hybridized carbons (Fsp3) is 0.846. The van der Waals surface area contributed by atoms with E-state index in [0.29, 0.717) is 0 Å². The first-order valence-electron chi connectivity index (χ1n) is 6.25. The van der Waals surface area contributed by atoms with Crippen LogP contribution in [0.3, 0.4) is 0 Å². The number of hydrogen-bond acceptors (Lipinski definition) is 4. The van der Waals surface area contributed by atoms with Crippen LogP contribution in [0, 0.1) is 11.8 Å². The molecule has 0 bridgehead atoms. The Kier molecular flexibility index (Phi) is 8.46. The molecule has 0 aromatic carbocycles. The number of unbranched alkanes of at least 4 members (excludes halogenated alkanes) is 1. The normalized spacial score (nSPS) is 13.9. The summed E-state index contributed by atoms with van der Waals surface area (Å²) < 4.78 is 9.40. The van der Waals surface area contributed by atoms with Crippen LogP contribution in [0.5, 0.6) is 0 Å². The van der Waals surface area contributed by atoms with Crippen LogP contribution in [0.2, 0.25) is 0 Å². The first kappa shape index (κ1) is 15.9. The molecule has 17 heavy (non-hydrogen) atoms. The minimum Gasteiger partial charge on any atom is -0.469 e. The summed E-state index contributed by atoms with van der Waals surface area (Å²) in [7, 11) is 2.70. The first-order chi connectivity index (χ1) is 8.10. The number of hydrogen-bond donors (Lipinski definition) is 0. The average Bonchev–Trinajstić information content (AvgIpc) is 2.36. The van der Waals surface area contributed by atoms with Gasteiger partial charge in [-0.25, -0.2) is 0 Å². The maximum absolute atomic E-state index is 11.7. The van der Waals surface area contributed by atoms with Crippen molar-refractivity contribution >= 4 is 11.9 Å². The largest absolute Gasteiger partial charge is 0.469 e. The molecule has 0 aliphatic heterocycles. The van der Waals surface area contributed by atoms with Gasteiger partial charge in [-0.15, -0.1) is 0 Å². The van der Waals surface area contributed by atoms with Crippen LogP contribution in [0.25, 0.3) is 0 Å². The molecule has 0 aliphatic carbocycles. The third-order valence-electron chi connectivity index (χ3n) is 3.14. The molecular formula is C13H24O4. The average molecular weight is 244 g/mol. The van der Waals surface area contributed by atoms with Gasteiger partial charge in [-0.2, -0.15) is 0 Å². The lowest BCUT2D eigenvalue weighted by Crippen LogP contribution is -2.28. The van der Waals surface area contributed by atoms with Crippen molar-refractivity contribution in [3.63, 3.8) is 0 Å². The Morgan fingerprint density at radius 2 is 1.76 bits per heavy atom. The van der Waals surface area contributed by atoms with Crippen LogP contribution in [0.15, 0.2) is 0 Å². The standard InChI is InChI=1S/C13H24O4/c1-5-7-8-10(6-2)11(13(15)17-4)9-12(14)16-3/h10-11H,5-9H2,1-4H3. The van der Waals surface area contributed by atoms with Gasteiger partial charge in [-0.3, -0.25) is 9.59 Å². The molecule has 0 spiro atoms. The molecule has 2 unspecified atom stereocenters. The van der Waals surface area contributed by atoms with Crippen LogP contribution in [0.1, 0.15) is 46.0 Å². The second-order valence-corrected chi connectivity index (χ2v) is 4.22. The molecule has 0 saturated carbocycles. The van der Waals surface area contributed by atoms with E-state index in [4.69, 9.17) is 4.74 Å². The van der Waals surface area contributed by atoms with E-state index in [2.05, 4.69) is 11.7 Å². The number of esters is 2. The van der Waals surface area contributed by atoms with Gasteiger partial charge < -0.3 is 9.47 Å². The monoisotopic (exact) mass is 244 g/mol. The highest BCUT2D eigenvalue weighted by Crippen LogP contribution is 2.26. The Labute approximate surface area is 104 Å². The lowest BCUT2D eigenvalue weighted by atomic mass is 9.84. The summed E-state index contributed by atoms with van der Waals surface area (Å²) in [6.07, 6.45) is 4.09. The molecule has 0 heterocycles. The van der Waals surface area contributed by atoms with Crippen molar-refractivity contribution in [1.29, 1.82) is 0 Å². The van der Waals surface area contributed by atoms with Crippen molar-refractivity contribution in [2.24, 2.45) is 11.8 Å². The van der Waals surface area contributed by atoms with Gasteiger partial charge in [0.2, 0.25) is 0 Å². The highest BCUT2D eigenvalue weighted by Gasteiger charge is 2.30. The van der Waals surface area contributed by atoms with Gasteiger partial charge in [0, 0.05) is 0 Å². The Hall–Kier alpha value is -1.06. The maximum atomic E-state index is 11.7. The summed E-state index contributed by atoms with van der Waals surface area (Å²) in [5, 5.41) is 0. The van der Waals surface area contributed by atoms with E-state index in [-0.39, 0.29) is 30.2 Å². The molecule has 2 atom stereocenters. The Balaban J connectivity index is 4.61. The van der Waals surface area contributed by atoms with Gasteiger partial charge in [-0.1, -0.05) is 33.1 Å². The molecule has 100 valence electrons. The van der Waals surface area contributed by atoms with Crippen molar-refractivity contribution in [3.8, 4) is 0 Å². The fourth-order valence-corrected chi connectivity index (χ4v) is 2.01. The molecular weight excluding hydrogens is 220 g/mol. The Morgan fingerprint density at radius 1 is 1.12 bits per heavy atom. The zero-order valence-corrected chi connectivity index (χ0v) is 11.3. The van der Waals surface area contributed by atoms with E-state index < -0.39 is 0 Å². The minimum absolute atomic E-state index is 0.116. The lowest BCUT2D eigenvalue weighted by molar-refractivity contribution is -0.154. The van der Waals surface area contributed by atoms with Crippen molar-refractivity contribution in [2.75, 3.05) is 14.2 Å². The zero-order chi connectivity index (χ0) is 13.3. The molecule has 0 saturated heterocycles. The van der Waals surface area contributed by atoms with Crippen LogP contribution >= 0.6 is 0 Å². The van der Waals surface area contributed by atoms with Gasteiger partial charge in [-0.05, 0) is 12.3 Å². The van der Waals surface area contributed by atoms with E-state index in [1.54, 1.807) is 0 Å². The quantitative estimate of drug-likeness (QED) is 0.616. The predicted molar refractivity (Wildman–Crippen MR) is 65.4 cm³/mol. The smallest absolute Gasteiger partial charge is 0.309 e. The van der Waals surface area contributed by atoms with Gasteiger partial charge >= 0.3 is 11.9 Å². The van der Waals surface area contributed by atoms with Crippen molar-refractivity contribution in [3.05, 3.63) is 0 Å². The third-order valence-corrected chi connectivity index (χ3v) is 3.14. The second kappa shape index (κ2) is 9.02. The van der Waals surface area contributed by atoms with E-state index >= 15 is 0 Å². The summed E-state index contributed by atoms with van der Waals surface area (Å²) in [4.78, 5) is 23.0. The molecule has 0 rings (SSSR count). The summed E-state index contributed by atoms with van der Waals surface area (Å²) in [5.41, 5.74) is 0. The van der Waals surface area contributed by atoms with Crippen LogP contribution in [0.4, 0.5) is 0 Å². The van der Waals surface area contributed by atoms with Gasteiger partial charge in [0.15, 0.2) is 0 Å². The van der Waals surface area contributed by atoms with Gasteiger partial charge in [0.1, 0.15) is 0 Å². The van der Waals surface area contributed by atoms with Crippen molar-refractivity contribution in [1.82, 2.24) is 0 Å². The van der Waals surface area contributed by atoms with Crippen molar-refractivity contribution < 1.29 is 19.1 Å². The minimum atomic E-state index is -0.371. The second-order valence-electron chi connectivity index (χ2n) is 4.22. The number of ether oxygens (including phenoxy) is 2. The summed E-state index contributed by atoms with van der Waals surface area (Å²) >= 11 is 0. The maximum Gasteiger partial charge on any atom is 0.309 e. The highest BCUT2D eigenvalue weighted by atomic mass is 16.5. The van der Waals surface area contributed by atoms with Gasteiger partial charge in [0.05, 0.1) is 26.6 Å². The molecule has 0 aromatic heterocycles. The molecule has 0 radical (unpaired) electrons. The topological polar surface area (TPSA) is 52.6 Å². The predicted octanol–water partition coefficient (Wildman–Crippen LogP) is 2.56. The lowest BCUT2D eigenvalue weighted by Gasteiger charge is -2.23. The van der Waals surface area contributed by atoms with Gasteiger partial charge in [0.25, 0.3) is 0 Å². The summed E-state index contributed by atoms with van der Waals surface area (Å²) in [6, 6.07) is 0. The third kappa shape index (κ3) is 5.71. The van der Waals surface area contributed by atoms with E-state index in [0.717, 1.165) is 25.7 Å². The summed E-state index contributed by atoms with van der Waals surface area (Å²) in [6.45, 7) is 4.15. The van der Waals surface area contributed by atoms with Crippen LogP contribution in [-0.4, -0.2) is 26.2 Å². The molecule has 0 aliphatic rings.